The standard InChI is InChI=1S/C26H28N4O4S/c1-16(2)19-10-8-18(9-11-19)14-22-24(32)30(20-6-5-7-21(15-20)34-4)26(28-22)35-17(3)23(31)29-13-12-27-25(29)33/h5-11,14-17H,12-13H2,1-4H3,(H,27,33)/b22-14+. The maximum atomic E-state index is 13.5. The summed E-state index contributed by atoms with van der Waals surface area (Å²) in [6.45, 7) is 6.72. The summed E-state index contributed by atoms with van der Waals surface area (Å²) >= 11 is 1.15. The van der Waals surface area contributed by atoms with Gasteiger partial charge in [-0.3, -0.25) is 19.4 Å². The third-order valence-electron chi connectivity index (χ3n) is 5.80. The molecule has 35 heavy (non-hydrogen) atoms. The number of urea groups is 1. The number of thioether (sulfide) groups is 1. The summed E-state index contributed by atoms with van der Waals surface area (Å²) in [5, 5.41) is 2.38. The van der Waals surface area contributed by atoms with Gasteiger partial charge >= 0.3 is 6.03 Å². The minimum absolute atomic E-state index is 0.270. The number of benzene rings is 2. The van der Waals surface area contributed by atoms with E-state index in [-0.39, 0.29) is 17.5 Å². The monoisotopic (exact) mass is 492 g/mol. The molecule has 9 heteroatoms. The quantitative estimate of drug-likeness (QED) is 0.609. The van der Waals surface area contributed by atoms with E-state index in [1.165, 1.54) is 15.4 Å². The number of carbonyl (C=O) groups excluding carboxylic acids is 3. The molecule has 1 fully saturated rings. The van der Waals surface area contributed by atoms with Gasteiger partial charge in [0.05, 0.1) is 18.0 Å². The van der Waals surface area contributed by atoms with Crippen molar-refractivity contribution in [3.05, 3.63) is 65.4 Å². The zero-order valence-electron chi connectivity index (χ0n) is 20.1. The summed E-state index contributed by atoms with van der Waals surface area (Å²) in [4.78, 5) is 45.6. The van der Waals surface area contributed by atoms with E-state index in [1.807, 2.05) is 24.3 Å². The lowest BCUT2D eigenvalue weighted by molar-refractivity contribution is -0.126. The first-order valence-corrected chi connectivity index (χ1v) is 12.3. The van der Waals surface area contributed by atoms with Crippen LogP contribution < -0.4 is 15.0 Å². The zero-order chi connectivity index (χ0) is 25.1. The fourth-order valence-electron chi connectivity index (χ4n) is 3.80. The Balaban J connectivity index is 1.66. The van der Waals surface area contributed by atoms with E-state index in [4.69, 9.17) is 4.74 Å². The Morgan fingerprint density at radius 1 is 1.14 bits per heavy atom. The number of rotatable bonds is 6. The Labute approximate surface area is 209 Å². The molecular formula is C26H28N4O4S. The van der Waals surface area contributed by atoms with Gasteiger partial charge in [0.25, 0.3) is 5.91 Å². The van der Waals surface area contributed by atoms with Gasteiger partial charge in [0.2, 0.25) is 5.91 Å². The van der Waals surface area contributed by atoms with Crippen molar-refractivity contribution in [2.75, 3.05) is 25.1 Å². The Kier molecular flexibility index (Phi) is 7.25. The molecule has 1 unspecified atom stereocenters. The molecular weight excluding hydrogens is 464 g/mol. The molecule has 4 rings (SSSR count). The molecule has 2 aromatic rings. The van der Waals surface area contributed by atoms with E-state index >= 15 is 0 Å². The number of aliphatic imine (C=N–C) groups is 1. The molecule has 0 aliphatic carbocycles. The number of hydrogen-bond acceptors (Lipinski definition) is 6. The third kappa shape index (κ3) is 5.24. The normalized spacial score (nSPS) is 17.7. The fourth-order valence-corrected chi connectivity index (χ4v) is 4.79. The van der Waals surface area contributed by atoms with Crippen LogP contribution in [0.5, 0.6) is 5.75 Å². The van der Waals surface area contributed by atoms with Crippen LogP contribution in [0.3, 0.4) is 0 Å². The van der Waals surface area contributed by atoms with E-state index in [0.29, 0.717) is 35.6 Å². The number of imide groups is 1. The van der Waals surface area contributed by atoms with Crippen LogP contribution in [0, 0.1) is 0 Å². The minimum atomic E-state index is -0.622. The van der Waals surface area contributed by atoms with Crippen molar-refractivity contribution >= 4 is 46.5 Å². The van der Waals surface area contributed by atoms with Crippen molar-refractivity contribution in [1.29, 1.82) is 0 Å². The predicted octanol–water partition coefficient (Wildman–Crippen LogP) is 4.24. The van der Waals surface area contributed by atoms with Gasteiger partial charge in [0.1, 0.15) is 11.4 Å². The highest BCUT2D eigenvalue weighted by atomic mass is 32.2. The maximum absolute atomic E-state index is 13.5. The highest BCUT2D eigenvalue weighted by Crippen LogP contribution is 2.33. The van der Waals surface area contributed by atoms with Crippen LogP contribution in [0.2, 0.25) is 0 Å². The smallest absolute Gasteiger partial charge is 0.324 e. The van der Waals surface area contributed by atoms with Crippen molar-refractivity contribution in [3.63, 3.8) is 0 Å². The van der Waals surface area contributed by atoms with Gasteiger partial charge in [-0.25, -0.2) is 9.79 Å². The van der Waals surface area contributed by atoms with Gasteiger partial charge in [0, 0.05) is 19.2 Å². The summed E-state index contributed by atoms with van der Waals surface area (Å²) in [6.07, 6.45) is 1.74. The lowest BCUT2D eigenvalue weighted by Gasteiger charge is -2.22. The number of nitrogens with zero attached hydrogens (tertiary/aromatic N) is 3. The van der Waals surface area contributed by atoms with Crippen LogP contribution in [0.1, 0.15) is 37.8 Å². The molecule has 2 aromatic carbocycles. The van der Waals surface area contributed by atoms with Crippen molar-refractivity contribution in [2.45, 2.75) is 31.9 Å². The molecule has 2 aliphatic heterocycles. The van der Waals surface area contributed by atoms with Gasteiger partial charge in [-0.1, -0.05) is 55.9 Å². The first-order chi connectivity index (χ1) is 16.8. The van der Waals surface area contributed by atoms with E-state index in [0.717, 1.165) is 17.3 Å². The molecule has 0 saturated carbocycles. The van der Waals surface area contributed by atoms with Gasteiger partial charge in [0.15, 0.2) is 5.17 Å². The predicted molar refractivity (Wildman–Crippen MR) is 139 cm³/mol. The van der Waals surface area contributed by atoms with E-state index in [1.54, 1.807) is 44.4 Å². The minimum Gasteiger partial charge on any atom is -0.497 e. The lowest BCUT2D eigenvalue weighted by Crippen LogP contribution is -2.40. The molecule has 182 valence electrons. The molecule has 0 aromatic heterocycles. The van der Waals surface area contributed by atoms with Crippen LogP contribution in [-0.4, -0.2) is 53.4 Å². The second kappa shape index (κ2) is 10.4. The van der Waals surface area contributed by atoms with Crippen LogP contribution in [0.25, 0.3) is 6.08 Å². The van der Waals surface area contributed by atoms with Gasteiger partial charge in [-0.15, -0.1) is 0 Å². The van der Waals surface area contributed by atoms with Crippen LogP contribution in [-0.2, 0) is 9.59 Å². The lowest BCUT2D eigenvalue weighted by atomic mass is 10.0. The summed E-state index contributed by atoms with van der Waals surface area (Å²) in [7, 11) is 1.56. The van der Waals surface area contributed by atoms with Crippen LogP contribution >= 0.6 is 11.8 Å². The molecule has 2 heterocycles. The Bertz CT molecular complexity index is 1210. The van der Waals surface area contributed by atoms with Crippen molar-refractivity contribution in [1.82, 2.24) is 10.2 Å². The second-order valence-electron chi connectivity index (χ2n) is 8.57. The molecule has 2 aliphatic rings. The van der Waals surface area contributed by atoms with Gasteiger partial charge in [-0.05, 0) is 42.2 Å². The van der Waals surface area contributed by atoms with Crippen molar-refractivity contribution in [2.24, 2.45) is 4.99 Å². The van der Waals surface area contributed by atoms with Crippen molar-refractivity contribution < 1.29 is 19.1 Å². The number of nitrogens with one attached hydrogen (secondary N) is 1. The number of ether oxygens (including phenoxy) is 1. The number of amides is 4. The Hall–Kier alpha value is -3.59. The van der Waals surface area contributed by atoms with Crippen LogP contribution in [0.15, 0.2) is 59.2 Å². The number of amidine groups is 1. The maximum Gasteiger partial charge on any atom is 0.324 e. The summed E-state index contributed by atoms with van der Waals surface area (Å²) in [5.41, 5.74) is 2.92. The Morgan fingerprint density at radius 2 is 1.89 bits per heavy atom. The summed E-state index contributed by atoms with van der Waals surface area (Å²) in [6, 6.07) is 14.7. The third-order valence-corrected chi connectivity index (χ3v) is 6.84. The molecule has 1 saturated heterocycles. The molecule has 0 bridgehead atoms. The first kappa shape index (κ1) is 24.5. The molecule has 0 radical (unpaired) electrons. The van der Waals surface area contributed by atoms with Crippen LogP contribution in [0.4, 0.5) is 10.5 Å². The highest BCUT2D eigenvalue weighted by molar-refractivity contribution is 8.15. The highest BCUT2D eigenvalue weighted by Gasteiger charge is 2.37. The number of methoxy groups -OCH3 is 1. The fraction of sp³-hybridized carbons (Fsp3) is 0.308. The SMILES string of the molecule is COc1cccc(N2C(=O)/C(=C\c3ccc(C(C)C)cc3)N=C2SC(C)C(=O)N2CCNC2=O)c1. The van der Waals surface area contributed by atoms with Gasteiger partial charge < -0.3 is 10.1 Å². The van der Waals surface area contributed by atoms with E-state index < -0.39 is 11.3 Å². The average molecular weight is 493 g/mol. The number of anilines is 1. The molecule has 4 amide bonds. The second-order valence-corrected chi connectivity index (χ2v) is 9.88. The summed E-state index contributed by atoms with van der Waals surface area (Å²) < 4.78 is 5.33. The molecule has 8 nitrogen and oxygen atoms in total. The average Bonchev–Trinajstić information content (AvgIpc) is 3.41. The Morgan fingerprint density at radius 3 is 2.51 bits per heavy atom. The molecule has 1 atom stereocenters. The van der Waals surface area contributed by atoms with Gasteiger partial charge in [-0.2, -0.15) is 0 Å². The first-order valence-electron chi connectivity index (χ1n) is 11.4. The number of hydrogen-bond donors (Lipinski definition) is 1. The number of carbonyl (C=O) groups is 3. The van der Waals surface area contributed by atoms with Crippen molar-refractivity contribution in [3.8, 4) is 5.75 Å². The summed E-state index contributed by atoms with van der Waals surface area (Å²) in [5.74, 6) is 0.380. The zero-order valence-corrected chi connectivity index (χ0v) is 21.0. The topological polar surface area (TPSA) is 91.3 Å². The van der Waals surface area contributed by atoms with E-state index in [9.17, 15) is 14.4 Å². The van der Waals surface area contributed by atoms with E-state index in [2.05, 4.69) is 24.2 Å². The molecule has 1 N–H and O–H groups in total. The molecule has 0 spiro atoms. The largest absolute Gasteiger partial charge is 0.497 e.